The Bertz CT molecular complexity index is 883. The molecule has 8 heteroatoms. The summed E-state index contributed by atoms with van der Waals surface area (Å²) >= 11 is 5.90. The minimum Gasteiger partial charge on any atom is -0.507 e. The van der Waals surface area contributed by atoms with Gasteiger partial charge in [0.15, 0.2) is 0 Å². The summed E-state index contributed by atoms with van der Waals surface area (Å²) in [6.07, 6.45) is -0.0627. The molecule has 1 fully saturated rings. The van der Waals surface area contributed by atoms with Crippen molar-refractivity contribution in [2.45, 2.75) is 12.5 Å². The molecule has 0 spiro atoms. The van der Waals surface area contributed by atoms with Crippen LogP contribution < -0.4 is 10.2 Å². The first-order valence-electron chi connectivity index (χ1n) is 7.32. The summed E-state index contributed by atoms with van der Waals surface area (Å²) in [5.74, 6) is -2.76. The van der Waals surface area contributed by atoms with Crippen molar-refractivity contribution in [3.8, 4) is 5.75 Å². The SMILES string of the molecule is O=C(O)c1ccc(N2C(=O)CC(Nc3cccc(Cl)c3)C2=O)cc1O. The normalized spacial score (nSPS) is 17.0. The van der Waals surface area contributed by atoms with Gasteiger partial charge in [0.25, 0.3) is 5.91 Å². The summed E-state index contributed by atoms with van der Waals surface area (Å²) < 4.78 is 0. The minimum atomic E-state index is -1.30. The monoisotopic (exact) mass is 360 g/mol. The third-order valence-electron chi connectivity index (χ3n) is 3.78. The van der Waals surface area contributed by atoms with Gasteiger partial charge in [-0.2, -0.15) is 0 Å². The molecular formula is C17H13ClN2O5. The number of rotatable bonds is 4. The number of nitrogens with zero attached hydrogens (tertiary/aromatic N) is 1. The molecule has 7 nitrogen and oxygen atoms in total. The number of carbonyl (C=O) groups is 3. The molecule has 0 bridgehead atoms. The third kappa shape index (κ3) is 3.27. The number of anilines is 2. The largest absolute Gasteiger partial charge is 0.507 e. The number of carboxylic acid groups (broad SMARTS) is 1. The molecule has 2 aromatic rings. The zero-order valence-electron chi connectivity index (χ0n) is 12.8. The first-order chi connectivity index (χ1) is 11.9. The lowest BCUT2D eigenvalue weighted by Gasteiger charge is -2.17. The maximum atomic E-state index is 12.5. The molecule has 2 amide bonds. The number of halogens is 1. The van der Waals surface area contributed by atoms with E-state index in [0.29, 0.717) is 10.7 Å². The van der Waals surface area contributed by atoms with E-state index in [2.05, 4.69) is 5.32 Å². The predicted octanol–water partition coefficient (Wildman–Crippen LogP) is 2.49. The molecule has 1 heterocycles. The van der Waals surface area contributed by atoms with E-state index in [1.54, 1.807) is 24.3 Å². The van der Waals surface area contributed by atoms with Gasteiger partial charge in [0.1, 0.15) is 17.4 Å². The lowest BCUT2D eigenvalue weighted by molar-refractivity contribution is -0.121. The summed E-state index contributed by atoms with van der Waals surface area (Å²) in [6, 6.07) is 9.52. The van der Waals surface area contributed by atoms with Gasteiger partial charge >= 0.3 is 5.97 Å². The highest BCUT2D eigenvalue weighted by Crippen LogP contribution is 2.30. The zero-order chi connectivity index (χ0) is 18.1. The smallest absolute Gasteiger partial charge is 0.339 e. The average Bonchev–Trinajstić information content (AvgIpc) is 2.81. The summed E-state index contributed by atoms with van der Waals surface area (Å²) in [5.41, 5.74) is 0.411. The highest BCUT2D eigenvalue weighted by molar-refractivity contribution is 6.30. The lowest BCUT2D eigenvalue weighted by atomic mass is 10.1. The van der Waals surface area contributed by atoms with E-state index in [0.717, 1.165) is 17.0 Å². The van der Waals surface area contributed by atoms with Crippen LogP contribution in [-0.2, 0) is 9.59 Å². The number of nitrogens with one attached hydrogen (secondary N) is 1. The van der Waals surface area contributed by atoms with Crippen molar-refractivity contribution >= 4 is 40.8 Å². The molecule has 3 rings (SSSR count). The van der Waals surface area contributed by atoms with E-state index in [1.165, 1.54) is 6.07 Å². The van der Waals surface area contributed by atoms with Gasteiger partial charge in [0.05, 0.1) is 12.1 Å². The molecule has 0 radical (unpaired) electrons. The Morgan fingerprint density at radius 1 is 1.20 bits per heavy atom. The van der Waals surface area contributed by atoms with E-state index in [1.807, 2.05) is 0 Å². The molecule has 128 valence electrons. The van der Waals surface area contributed by atoms with Gasteiger partial charge in [-0.25, -0.2) is 9.69 Å². The molecule has 0 saturated carbocycles. The molecule has 2 aromatic carbocycles. The number of carboxylic acids is 1. The third-order valence-corrected chi connectivity index (χ3v) is 4.02. The lowest BCUT2D eigenvalue weighted by Crippen LogP contribution is -2.34. The molecular weight excluding hydrogens is 348 g/mol. The molecule has 0 aromatic heterocycles. The van der Waals surface area contributed by atoms with Crippen LogP contribution in [0.15, 0.2) is 42.5 Å². The molecule has 1 aliphatic heterocycles. The Balaban J connectivity index is 1.84. The number of imide groups is 1. The molecule has 1 saturated heterocycles. The maximum Gasteiger partial charge on any atom is 0.339 e. The van der Waals surface area contributed by atoms with E-state index < -0.39 is 29.6 Å². The highest BCUT2D eigenvalue weighted by Gasteiger charge is 2.39. The van der Waals surface area contributed by atoms with Crippen LogP contribution in [0.3, 0.4) is 0 Å². The van der Waals surface area contributed by atoms with Gasteiger partial charge in [-0.05, 0) is 30.3 Å². The van der Waals surface area contributed by atoms with E-state index in [9.17, 15) is 19.5 Å². The Morgan fingerprint density at radius 3 is 2.60 bits per heavy atom. The summed E-state index contributed by atoms with van der Waals surface area (Å²) in [4.78, 5) is 36.6. The van der Waals surface area contributed by atoms with Crippen LogP contribution in [0.4, 0.5) is 11.4 Å². The van der Waals surface area contributed by atoms with Crippen molar-refractivity contribution in [2.75, 3.05) is 10.2 Å². The summed E-state index contributed by atoms with van der Waals surface area (Å²) in [5, 5.41) is 22.1. The van der Waals surface area contributed by atoms with Gasteiger partial charge in [-0.1, -0.05) is 17.7 Å². The Kier molecular flexibility index (Phi) is 4.33. The van der Waals surface area contributed by atoms with Crippen molar-refractivity contribution in [2.24, 2.45) is 0 Å². The molecule has 25 heavy (non-hydrogen) atoms. The van der Waals surface area contributed by atoms with Crippen molar-refractivity contribution in [3.63, 3.8) is 0 Å². The second-order valence-electron chi connectivity index (χ2n) is 5.49. The van der Waals surface area contributed by atoms with Crippen molar-refractivity contribution in [3.05, 3.63) is 53.1 Å². The topological polar surface area (TPSA) is 107 Å². The van der Waals surface area contributed by atoms with Crippen LogP contribution in [0.2, 0.25) is 5.02 Å². The Labute approximate surface area is 147 Å². The molecule has 1 atom stereocenters. The van der Waals surface area contributed by atoms with Crippen LogP contribution in [0.1, 0.15) is 16.8 Å². The van der Waals surface area contributed by atoms with E-state index >= 15 is 0 Å². The second kappa shape index (κ2) is 6.45. The number of aromatic carboxylic acids is 1. The summed E-state index contributed by atoms with van der Waals surface area (Å²) in [7, 11) is 0. The minimum absolute atomic E-state index is 0.0627. The fraction of sp³-hybridized carbons (Fsp3) is 0.118. The predicted molar refractivity (Wildman–Crippen MR) is 91.0 cm³/mol. The number of aromatic hydroxyl groups is 1. The van der Waals surface area contributed by atoms with Crippen LogP contribution >= 0.6 is 11.6 Å². The van der Waals surface area contributed by atoms with Crippen LogP contribution in [0.5, 0.6) is 5.75 Å². The maximum absolute atomic E-state index is 12.5. The quantitative estimate of drug-likeness (QED) is 0.723. The number of hydrogen-bond donors (Lipinski definition) is 3. The molecule has 1 aliphatic rings. The standard InChI is InChI=1S/C17H13ClN2O5/c18-9-2-1-3-10(6-9)19-13-8-15(22)20(16(13)23)11-4-5-12(17(24)25)14(21)7-11/h1-7,13,19,21H,8H2,(H,24,25). The fourth-order valence-electron chi connectivity index (χ4n) is 2.64. The number of carbonyl (C=O) groups excluding carboxylic acids is 2. The molecule has 0 aliphatic carbocycles. The number of amides is 2. The second-order valence-corrected chi connectivity index (χ2v) is 5.92. The fourth-order valence-corrected chi connectivity index (χ4v) is 2.83. The first kappa shape index (κ1) is 16.8. The van der Waals surface area contributed by atoms with E-state index in [-0.39, 0.29) is 17.7 Å². The van der Waals surface area contributed by atoms with Gasteiger partial charge in [0, 0.05) is 16.8 Å². The Hall–Kier alpha value is -3.06. The molecule has 3 N–H and O–H groups in total. The number of benzene rings is 2. The van der Waals surface area contributed by atoms with Crippen molar-refractivity contribution in [1.29, 1.82) is 0 Å². The number of phenols is 1. The van der Waals surface area contributed by atoms with Crippen LogP contribution in [0, 0.1) is 0 Å². The van der Waals surface area contributed by atoms with Crippen LogP contribution in [-0.4, -0.2) is 34.0 Å². The molecule has 1 unspecified atom stereocenters. The van der Waals surface area contributed by atoms with Gasteiger partial charge in [-0.15, -0.1) is 0 Å². The van der Waals surface area contributed by atoms with Gasteiger partial charge in [-0.3, -0.25) is 9.59 Å². The highest BCUT2D eigenvalue weighted by atomic mass is 35.5. The van der Waals surface area contributed by atoms with E-state index in [4.69, 9.17) is 16.7 Å². The van der Waals surface area contributed by atoms with Crippen molar-refractivity contribution < 1.29 is 24.6 Å². The average molecular weight is 361 g/mol. The van der Waals surface area contributed by atoms with Gasteiger partial charge in [0.2, 0.25) is 5.91 Å². The summed E-state index contributed by atoms with van der Waals surface area (Å²) in [6.45, 7) is 0. The Morgan fingerprint density at radius 2 is 1.96 bits per heavy atom. The van der Waals surface area contributed by atoms with Crippen LogP contribution in [0.25, 0.3) is 0 Å². The van der Waals surface area contributed by atoms with Crippen molar-refractivity contribution in [1.82, 2.24) is 0 Å². The zero-order valence-corrected chi connectivity index (χ0v) is 13.5. The first-order valence-corrected chi connectivity index (χ1v) is 7.70. The number of hydrogen-bond acceptors (Lipinski definition) is 5. The van der Waals surface area contributed by atoms with Gasteiger partial charge < -0.3 is 15.5 Å².